The highest BCUT2D eigenvalue weighted by atomic mass is 79.9. The summed E-state index contributed by atoms with van der Waals surface area (Å²) in [5.74, 6) is -0.115. The fourth-order valence-electron chi connectivity index (χ4n) is 3.73. The van der Waals surface area contributed by atoms with Crippen molar-refractivity contribution in [2.45, 2.75) is 25.9 Å². The van der Waals surface area contributed by atoms with E-state index in [1.165, 1.54) is 12.1 Å². The molecule has 10 heteroatoms. The van der Waals surface area contributed by atoms with Crippen LogP contribution in [-0.2, 0) is 0 Å². The molecule has 1 saturated heterocycles. The number of carbonyl (C=O) groups excluding carboxylic acids is 1. The summed E-state index contributed by atoms with van der Waals surface area (Å²) >= 11 is 3.41. The van der Waals surface area contributed by atoms with E-state index in [-0.39, 0.29) is 29.4 Å². The maximum atomic E-state index is 13.1. The van der Waals surface area contributed by atoms with Gasteiger partial charge in [0.25, 0.3) is 17.3 Å². The van der Waals surface area contributed by atoms with Crippen LogP contribution in [-0.4, -0.2) is 45.8 Å². The van der Waals surface area contributed by atoms with E-state index in [0.29, 0.717) is 28.8 Å². The fourth-order valence-corrected chi connectivity index (χ4v) is 4.19. The van der Waals surface area contributed by atoms with Gasteiger partial charge in [-0.15, -0.1) is 0 Å². The largest absolute Gasteiger partial charge is 0.362 e. The summed E-state index contributed by atoms with van der Waals surface area (Å²) in [6, 6.07) is 10.4. The zero-order valence-corrected chi connectivity index (χ0v) is 17.4. The number of non-ortho nitro benzene ring substituents is 1. The second-order valence-electron chi connectivity index (χ2n) is 6.98. The summed E-state index contributed by atoms with van der Waals surface area (Å²) in [5, 5.41) is 22.5. The van der Waals surface area contributed by atoms with Gasteiger partial charge in [-0.25, -0.2) is 0 Å². The lowest BCUT2D eigenvalue weighted by Gasteiger charge is -2.45. The van der Waals surface area contributed by atoms with Gasteiger partial charge in [0.1, 0.15) is 5.69 Å². The molecule has 9 nitrogen and oxygen atoms in total. The van der Waals surface area contributed by atoms with Gasteiger partial charge < -0.3 is 9.80 Å². The van der Waals surface area contributed by atoms with Crippen molar-refractivity contribution in [2.75, 3.05) is 18.0 Å². The van der Waals surface area contributed by atoms with E-state index < -0.39 is 9.85 Å². The monoisotopic (exact) mass is 462 g/mol. The van der Waals surface area contributed by atoms with Crippen molar-refractivity contribution in [3.05, 3.63) is 72.7 Å². The summed E-state index contributed by atoms with van der Waals surface area (Å²) in [7, 11) is 0. The number of nitro groups is 2. The van der Waals surface area contributed by atoms with Crippen molar-refractivity contribution in [2.24, 2.45) is 0 Å². The van der Waals surface area contributed by atoms with Crippen molar-refractivity contribution in [1.29, 1.82) is 0 Å². The molecule has 0 spiro atoms. The Balaban J connectivity index is 1.89. The molecule has 0 N–H and O–H groups in total. The van der Waals surface area contributed by atoms with Crippen molar-refractivity contribution in [1.82, 2.24) is 4.90 Å². The molecule has 0 unspecified atom stereocenters. The number of hydrogen-bond acceptors (Lipinski definition) is 6. The molecule has 0 aliphatic carbocycles. The molecule has 0 bridgehead atoms. The Morgan fingerprint density at radius 3 is 2.21 bits per heavy atom. The van der Waals surface area contributed by atoms with E-state index in [2.05, 4.69) is 15.9 Å². The number of carbonyl (C=O) groups is 1. The van der Waals surface area contributed by atoms with E-state index in [1.807, 2.05) is 19.9 Å². The minimum Gasteiger partial charge on any atom is -0.362 e. The number of rotatable bonds is 4. The number of nitro benzene ring substituents is 2. The molecule has 1 amide bonds. The number of anilines is 1. The van der Waals surface area contributed by atoms with Crippen LogP contribution in [0.5, 0.6) is 0 Å². The van der Waals surface area contributed by atoms with Crippen LogP contribution in [0.25, 0.3) is 0 Å². The molecule has 0 aromatic heterocycles. The topological polar surface area (TPSA) is 110 Å². The summed E-state index contributed by atoms with van der Waals surface area (Å²) < 4.78 is 0.706. The smallest absolute Gasteiger partial charge is 0.299 e. The van der Waals surface area contributed by atoms with Gasteiger partial charge in [0, 0.05) is 35.7 Å². The van der Waals surface area contributed by atoms with E-state index in [9.17, 15) is 25.0 Å². The highest BCUT2D eigenvalue weighted by Crippen LogP contribution is 2.34. The molecule has 1 aliphatic heterocycles. The Morgan fingerprint density at radius 1 is 1.03 bits per heavy atom. The third-order valence-electron chi connectivity index (χ3n) is 4.96. The van der Waals surface area contributed by atoms with Gasteiger partial charge in [0.15, 0.2) is 0 Å². The highest BCUT2D eigenvalue weighted by molar-refractivity contribution is 9.10. The average Bonchev–Trinajstić information content (AvgIpc) is 2.67. The van der Waals surface area contributed by atoms with Gasteiger partial charge in [0.2, 0.25) is 0 Å². The lowest BCUT2D eigenvalue weighted by atomic mass is 10.0. The van der Waals surface area contributed by atoms with Crippen LogP contribution in [0.15, 0.2) is 46.9 Å². The molecule has 1 aliphatic rings. The number of piperazine rings is 1. The van der Waals surface area contributed by atoms with E-state index in [0.717, 1.165) is 6.07 Å². The van der Waals surface area contributed by atoms with Crippen molar-refractivity contribution < 1.29 is 14.6 Å². The summed E-state index contributed by atoms with van der Waals surface area (Å²) in [6.07, 6.45) is 0. The second kappa shape index (κ2) is 8.16. The van der Waals surface area contributed by atoms with Gasteiger partial charge in [-0.2, -0.15) is 0 Å². The number of halogens is 1. The van der Waals surface area contributed by atoms with Crippen molar-refractivity contribution in [3.8, 4) is 0 Å². The predicted octanol–water partition coefficient (Wildman–Crippen LogP) is 4.00. The molecular weight excluding hydrogens is 444 g/mol. The lowest BCUT2D eigenvalue weighted by molar-refractivity contribution is -0.393. The van der Waals surface area contributed by atoms with Gasteiger partial charge >= 0.3 is 0 Å². The lowest BCUT2D eigenvalue weighted by Crippen LogP contribution is -2.58. The molecule has 2 aromatic carbocycles. The quantitative estimate of drug-likeness (QED) is 0.501. The first-order valence-electron chi connectivity index (χ1n) is 8.95. The van der Waals surface area contributed by atoms with Crippen LogP contribution >= 0.6 is 15.9 Å². The molecule has 1 heterocycles. The summed E-state index contributed by atoms with van der Waals surface area (Å²) in [5.41, 5.74) is 0.224. The maximum absolute atomic E-state index is 13.1. The molecule has 0 saturated carbocycles. The highest BCUT2D eigenvalue weighted by Gasteiger charge is 2.36. The fraction of sp³-hybridized carbons (Fsp3) is 0.316. The van der Waals surface area contributed by atoms with E-state index >= 15 is 0 Å². The summed E-state index contributed by atoms with van der Waals surface area (Å²) in [4.78, 5) is 37.8. The van der Waals surface area contributed by atoms with Crippen molar-refractivity contribution >= 4 is 38.9 Å². The molecule has 0 radical (unpaired) electrons. The first-order chi connectivity index (χ1) is 13.7. The van der Waals surface area contributed by atoms with Crippen molar-refractivity contribution in [3.63, 3.8) is 0 Å². The maximum Gasteiger partial charge on any atom is 0.299 e. The molecule has 3 rings (SSSR count). The number of amides is 1. The minimum absolute atomic E-state index is 0.115. The SMILES string of the molecule is C[C@@H]1CN(c2ccc([N+](=O)[O-])cc2[N+](=O)[O-])C[C@H](C)N1C(=O)c1ccccc1Br. The molecule has 2 aromatic rings. The predicted molar refractivity (Wildman–Crippen MR) is 111 cm³/mol. The summed E-state index contributed by atoms with van der Waals surface area (Å²) in [6.45, 7) is 4.52. The first-order valence-corrected chi connectivity index (χ1v) is 9.75. The normalized spacial score (nSPS) is 19.1. The zero-order valence-electron chi connectivity index (χ0n) is 15.8. The number of benzene rings is 2. The van der Waals surface area contributed by atoms with Gasteiger partial charge in [0.05, 0.1) is 21.5 Å². The van der Waals surface area contributed by atoms with E-state index in [1.54, 1.807) is 28.0 Å². The molecule has 152 valence electrons. The Hall–Kier alpha value is -3.01. The van der Waals surface area contributed by atoms with E-state index in [4.69, 9.17) is 0 Å². The third kappa shape index (κ3) is 4.07. The zero-order chi connectivity index (χ0) is 21.3. The molecular formula is C19H19BrN4O5. The molecule has 1 fully saturated rings. The van der Waals surface area contributed by atoms with Gasteiger partial charge in [-0.3, -0.25) is 25.0 Å². The first kappa shape index (κ1) is 20.7. The van der Waals surface area contributed by atoms with Crippen LogP contribution in [0, 0.1) is 20.2 Å². The molecule has 2 atom stereocenters. The van der Waals surface area contributed by atoms with Crippen LogP contribution in [0.2, 0.25) is 0 Å². The molecule has 29 heavy (non-hydrogen) atoms. The van der Waals surface area contributed by atoms with Gasteiger partial charge in [-0.05, 0) is 48.0 Å². The Bertz CT molecular complexity index is 971. The van der Waals surface area contributed by atoms with Crippen LogP contribution in [0.3, 0.4) is 0 Å². The Morgan fingerprint density at radius 2 is 1.66 bits per heavy atom. The van der Waals surface area contributed by atoms with Gasteiger partial charge in [-0.1, -0.05) is 12.1 Å². The average molecular weight is 463 g/mol. The minimum atomic E-state index is -0.656. The van der Waals surface area contributed by atoms with Crippen LogP contribution in [0.4, 0.5) is 17.1 Å². The number of hydrogen-bond donors (Lipinski definition) is 0. The van der Waals surface area contributed by atoms with Crippen LogP contribution < -0.4 is 4.90 Å². The number of nitrogens with zero attached hydrogens (tertiary/aromatic N) is 4. The Kier molecular flexibility index (Phi) is 5.83. The van der Waals surface area contributed by atoms with Crippen LogP contribution in [0.1, 0.15) is 24.2 Å². The third-order valence-corrected chi connectivity index (χ3v) is 5.66. The second-order valence-corrected chi connectivity index (χ2v) is 7.84. The Labute approximate surface area is 175 Å². The standard InChI is InChI=1S/C19H19BrN4O5/c1-12-10-21(17-8-7-14(23(26)27)9-18(17)24(28)29)11-13(2)22(12)19(25)15-5-3-4-6-16(15)20/h3-9,12-13H,10-11H2,1-2H3/t12-,13+.